The van der Waals surface area contributed by atoms with Crippen LogP contribution in [0.1, 0.15) is 19.3 Å². The van der Waals surface area contributed by atoms with E-state index in [1.807, 2.05) is 0 Å². The topological polar surface area (TPSA) is 17.1 Å². The first-order valence-electron chi connectivity index (χ1n) is 2.68. The normalized spacial score (nSPS) is 9.25. The van der Waals surface area contributed by atoms with Crippen molar-refractivity contribution in [2.24, 2.45) is 0 Å². The molecule has 0 N–H and O–H groups in total. The van der Waals surface area contributed by atoms with Gasteiger partial charge in [-0.25, -0.2) is 0 Å². The molecule has 0 saturated carbocycles. The highest BCUT2D eigenvalue weighted by molar-refractivity contribution is 6.17. The van der Waals surface area contributed by atoms with E-state index in [-0.39, 0.29) is 5.78 Å². The molecule has 0 aliphatic heterocycles. The Labute approximate surface area is 55.0 Å². The maximum atomic E-state index is 10.2. The highest BCUT2D eigenvalue weighted by atomic mass is 35.5. The van der Waals surface area contributed by atoms with Crippen LogP contribution in [-0.2, 0) is 4.79 Å². The van der Waals surface area contributed by atoms with Gasteiger partial charge in [-0.05, 0) is 12.8 Å². The average molecular weight is 134 g/mol. The Kier molecular flexibility index (Phi) is 5.08. The van der Waals surface area contributed by atoms with Crippen molar-refractivity contribution in [2.45, 2.75) is 19.3 Å². The molecular formula is C6H10ClO. The number of alkyl halides is 1. The quantitative estimate of drug-likeness (QED) is 0.422. The van der Waals surface area contributed by atoms with Crippen molar-refractivity contribution in [2.75, 3.05) is 5.88 Å². The van der Waals surface area contributed by atoms with Gasteiger partial charge in [0, 0.05) is 19.2 Å². The molecular weight excluding hydrogens is 124 g/mol. The minimum atomic E-state index is 0.00937. The summed E-state index contributed by atoms with van der Waals surface area (Å²) >= 11 is 5.35. The van der Waals surface area contributed by atoms with Crippen LogP contribution in [0.2, 0.25) is 0 Å². The molecule has 0 spiro atoms. The summed E-state index contributed by atoms with van der Waals surface area (Å²) in [6.45, 7) is 3.23. The fraction of sp³-hybridized carbons (Fsp3) is 0.667. The van der Waals surface area contributed by atoms with E-state index in [1.54, 1.807) is 0 Å². The summed E-state index contributed by atoms with van der Waals surface area (Å²) in [6, 6.07) is 0. The van der Waals surface area contributed by atoms with Crippen LogP contribution in [0.25, 0.3) is 0 Å². The van der Waals surface area contributed by atoms with E-state index in [2.05, 4.69) is 6.92 Å². The SMILES string of the molecule is [CH2]C(=O)CCCCCl. The lowest BCUT2D eigenvalue weighted by atomic mass is 10.2. The molecule has 0 fully saturated rings. The lowest BCUT2D eigenvalue weighted by molar-refractivity contribution is -0.114. The summed E-state index contributed by atoms with van der Waals surface area (Å²) in [5.74, 6) is 0.655. The largest absolute Gasteiger partial charge is 0.300 e. The lowest BCUT2D eigenvalue weighted by Crippen LogP contribution is -1.89. The van der Waals surface area contributed by atoms with E-state index in [0.717, 1.165) is 12.8 Å². The molecule has 1 radical (unpaired) electrons. The summed E-state index contributed by atoms with van der Waals surface area (Å²) in [5.41, 5.74) is 0. The van der Waals surface area contributed by atoms with Gasteiger partial charge in [-0.15, -0.1) is 11.6 Å². The predicted octanol–water partition coefficient (Wildman–Crippen LogP) is 1.80. The Hall–Kier alpha value is -0.0400. The first-order chi connectivity index (χ1) is 3.77. The number of ketones is 1. The Balaban J connectivity index is 2.82. The van der Waals surface area contributed by atoms with E-state index in [0.29, 0.717) is 12.3 Å². The third-order valence-electron chi connectivity index (χ3n) is 0.839. The molecule has 0 aliphatic rings. The van der Waals surface area contributed by atoms with Crippen LogP contribution in [0, 0.1) is 6.92 Å². The number of Topliss-reactive ketones (excluding diaryl/α,β-unsaturated/α-hetero) is 1. The smallest absolute Gasteiger partial charge is 0.133 e. The standard InChI is InChI=1S/C6H10ClO/c1-6(8)4-2-3-5-7/h1-5H2. The first-order valence-corrected chi connectivity index (χ1v) is 3.21. The van der Waals surface area contributed by atoms with Crippen molar-refractivity contribution in [3.63, 3.8) is 0 Å². The molecule has 0 aliphatic carbocycles. The molecule has 8 heavy (non-hydrogen) atoms. The molecule has 1 nitrogen and oxygen atoms in total. The van der Waals surface area contributed by atoms with Crippen LogP contribution >= 0.6 is 11.6 Å². The molecule has 0 bridgehead atoms. The summed E-state index contributed by atoms with van der Waals surface area (Å²) in [7, 11) is 0. The second kappa shape index (κ2) is 5.10. The second-order valence-electron chi connectivity index (χ2n) is 1.68. The van der Waals surface area contributed by atoms with E-state index in [9.17, 15) is 4.79 Å². The maximum Gasteiger partial charge on any atom is 0.133 e. The van der Waals surface area contributed by atoms with Gasteiger partial charge in [-0.3, -0.25) is 4.79 Å². The monoisotopic (exact) mass is 133 g/mol. The number of carbonyl (C=O) groups excluding carboxylic acids is 1. The van der Waals surface area contributed by atoms with Crippen molar-refractivity contribution in [1.29, 1.82) is 0 Å². The Morgan fingerprint density at radius 2 is 2.12 bits per heavy atom. The minimum Gasteiger partial charge on any atom is -0.300 e. The zero-order valence-electron chi connectivity index (χ0n) is 4.82. The van der Waals surface area contributed by atoms with E-state index in [1.165, 1.54) is 0 Å². The maximum absolute atomic E-state index is 10.2. The fourth-order valence-electron chi connectivity index (χ4n) is 0.417. The number of carbonyl (C=O) groups is 1. The molecule has 0 aromatic carbocycles. The molecule has 0 aromatic rings. The first kappa shape index (κ1) is 7.96. The summed E-state index contributed by atoms with van der Waals surface area (Å²) in [6.07, 6.45) is 2.38. The van der Waals surface area contributed by atoms with Crippen molar-refractivity contribution < 1.29 is 4.79 Å². The summed E-state index contributed by atoms with van der Waals surface area (Å²) in [5, 5.41) is 0. The zero-order chi connectivity index (χ0) is 6.41. The van der Waals surface area contributed by atoms with Gasteiger partial charge < -0.3 is 0 Å². The van der Waals surface area contributed by atoms with Crippen molar-refractivity contribution in [3.8, 4) is 0 Å². The summed E-state index contributed by atoms with van der Waals surface area (Å²) < 4.78 is 0. The van der Waals surface area contributed by atoms with Gasteiger partial charge in [-0.1, -0.05) is 0 Å². The van der Waals surface area contributed by atoms with Crippen LogP contribution < -0.4 is 0 Å². The number of rotatable bonds is 4. The van der Waals surface area contributed by atoms with Gasteiger partial charge in [0.25, 0.3) is 0 Å². The predicted molar refractivity (Wildman–Crippen MR) is 34.9 cm³/mol. The van der Waals surface area contributed by atoms with Crippen molar-refractivity contribution >= 4 is 17.4 Å². The van der Waals surface area contributed by atoms with Gasteiger partial charge in [0.15, 0.2) is 0 Å². The average Bonchev–Trinajstić information content (AvgIpc) is 1.66. The number of halogens is 1. The molecule has 0 atom stereocenters. The minimum absolute atomic E-state index is 0.00937. The highest BCUT2D eigenvalue weighted by Crippen LogP contribution is 1.96. The van der Waals surface area contributed by atoms with Crippen LogP contribution in [0.15, 0.2) is 0 Å². The van der Waals surface area contributed by atoms with Gasteiger partial charge in [0.2, 0.25) is 0 Å². The third-order valence-corrected chi connectivity index (χ3v) is 1.11. The molecule has 0 amide bonds. The number of unbranched alkanes of at least 4 members (excludes halogenated alkanes) is 1. The lowest BCUT2D eigenvalue weighted by Gasteiger charge is -1.89. The molecule has 0 unspecified atom stereocenters. The fourth-order valence-corrected chi connectivity index (χ4v) is 0.606. The van der Waals surface area contributed by atoms with E-state index >= 15 is 0 Å². The van der Waals surface area contributed by atoms with Gasteiger partial charge in [0.1, 0.15) is 5.78 Å². The Bertz CT molecular complexity index is 70.9. The highest BCUT2D eigenvalue weighted by Gasteiger charge is 1.90. The van der Waals surface area contributed by atoms with Gasteiger partial charge in [-0.2, -0.15) is 0 Å². The summed E-state index contributed by atoms with van der Waals surface area (Å²) in [4.78, 5) is 10.2. The second-order valence-corrected chi connectivity index (χ2v) is 2.06. The van der Waals surface area contributed by atoms with Gasteiger partial charge in [0.05, 0.1) is 0 Å². The Morgan fingerprint density at radius 3 is 2.50 bits per heavy atom. The number of hydrogen-bond acceptors (Lipinski definition) is 1. The van der Waals surface area contributed by atoms with E-state index in [4.69, 9.17) is 11.6 Å². The number of hydrogen-bond donors (Lipinski definition) is 0. The van der Waals surface area contributed by atoms with Gasteiger partial charge >= 0.3 is 0 Å². The van der Waals surface area contributed by atoms with Crippen LogP contribution in [0.5, 0.6) is 0 Å². The van der Waals surface area contributed by atoms with Crippen LogP contribution in [0.4, 0.5) is 0 Å². The molecule has 0 heterocycles. The molecule has 0 aromatic heterocycles. The molecule has 0 rings (SSSR count). The zero-order valence-corrected chi connectivity index (χ0v) is 5.58. The third kappa shape index (κ3) is 5.96. The Morgan fingerprint density at radius 1 is 1.50 bits per heavy atom. The molecule has 0 saturated heterocycles. The van der Waals surface area contributed by atoms with E-state index < -0.39 is 0 Å². The molecule has 2 heteroatoms. The van der Waals surface area contributed by atoms with Crippen molar-refractivity contribution in [3.05, 3.63) is 6.92 Å². The van der Waals surface area contributed by atoms with Crippen LogP contribution in [-0.4, -0.2) is 11.7 Å². The van der Waals surface area contributed by atoms with Crippen LogP contribution in [0.3, 0.4) is 0 Å². The van der Waals surface area contributed by atoms with Crippen molar-refractivity contribution in [1.82, 2.24) is 0 Å². The molecule has 47 valence electrons.